The number of carbonyl (C=O) groups excluding carboxylic acids is 2. The Morgan fingerprint density at radius 3 is 2.00 bits per heavy atom. The highest BCUT2D eigenvalue weighted by Crippen LogP contribution is 2.31. The third-order valence-electron chi connectivity index (χ3n) is 8.67. The largest absolute Gasteiger partial charge is 0.480 e. The molecule has 1 unspecified atom stereocenters. The minimum absolute atomic E-state index is 0.149. The van der Waals surface area contributed by atoms with Crippen molar-refractivity contribution in [1.29, 1.82) is 0 Å². The molecule has 5 N–H and O–H groups in total. The number of carboxylic acids is 1. The molecular formula is C33H40N4O4. The Kier molecular flexibility index (Phi) is 8.59. The zero-order chi connectivity index (χ0) is 29.1. The molecule has 3 aromatic carbocycles. The van der Waals surface area contributed by atoms with Crippen molar-refractivity contribution < 1.29 is 19.5 Å². The summed E-state index contributed by atoms with van der Waals surface area (Å²) in [5.74, 6) is -1.70. The molecule has 0 bridgehead atoms. The standard InChI is InChI=1S/C33H40N4O4/c1-19-15-20(2)29(21(3)16-19)37-33(41)35-28-18-24-8-5-4-7-23(24)17-27(28)31(38)36-30(32(39)40)22-11-13-26(14-12-22)34-25-9-6-10-25/h4-5,7-8,15-18,22,25-26,30,34H,6,9-14H2,1-3H3,(H,36,38)(H,39,40)(H2,35,37,41)/t22-,26-,30?. The van der Waals surface area contributed by atoms with Crippen LogP contribution in [-0.4, -0.2) is 41.1 Å². The van der Waals surface area contributed by atoms with Gasteiger partial charge in [-0.2, -0.15) is 0 Å². The molecule has 0 radical (unpaired) electrons. The molecule has 3 aromatic rings. The summed E-state index contributed by atoms with van der Waals surface area (Å²) in [5, 5.41) is 24.0. The predicted octanol–water partition coefficient (Wildman–Crippen LogP) is 6.29. The summed E-state index contributed by atoms with van der Waals surface area (Å²) < 4.78 is 0. The number of urea groups is 1. The SMILES string of the molecule is Cc1cc(C)c(NC(=O)Nc2cc3ccccc3cc2C(=O)NC(C(=O)O)[C@H]2CC[C@H](NC3CCC3)CC2)c(C)c1. The van der Waals surface area contributed by atoms with Crippen molar-refractivity contribution in [3.8, 4) is 0 Å². The molecule has 0 aliphatic heterocycles. The molecule has 2 fully saturated rings. The third kappa shape index (κ3) is 6.70. The van der Waals surface area contributed by atoms with Gasteiger partial charge in [0.05, 0.1) is 11.3 Å². The summed E-state index contributed by atoms with van der Waals surface area (Å²) in [6, 6.07) is 14.6. The maximum atomic E-state index is 13.6. The van der Waals surface area contributed by atoms with Gasteiger partial charge in [0.25, 0.3) is 5.91 Å². The molecule has 0 saturated heterocycles. The lowest BCUT2D eigenvalue weighted by Crippen LogP contribution is -2.49. The Balaban J connectivity index is 1.34. The molecule has 41 heavy (non-hydrogen) atoms. The maximum absolute atomic E-state index is 13.6. The molecule has 0 spiro atoms. The predicted molar refractivity (Wildman–Crippen MR) is 163 cm³/mol. The van der Waals surface area contributed by atoms with Gasteiger partial charge in [-0.1, -0.05) is 48.4 Å². The van der Waals surface area contributed by atoms with Crippen molar-refractivity contribution in [3.05, 3.63) is 70.8 Å². The van der Waals surface area contributed by atoms with Gasteiger partial charge in [-0.3, -0.25) is 4.79 Å². The lowest BCUT2D eigenvalue weighted by atomic mass is 9.80. The molecule has 2 saturated carbocycles. The van der Waals surface area contributed by atoms with Crippen LogP contribution in [0.2, 0.25) is 0 Å². The van der Waals surface area contributed by atoms with Crippen molar-refractivity contribution in [2.75, 3.05) is 10.6 Å². The summed E-state index contributed by atoms with van der Waals surface area (Å²) in [6.45, 7) is 5.88. The summed E-state index contributed by atoms with van der Waals surface area (Å²) in [5.41, 5.74) is 4.25. The van der Waals surface area contributed by atoms with E-state index in [-0.39, 0.29) is 11.5 Å². The monoisotopic (exact) mass is 556 g/mol. The molecule has 0 heterocycles. The number of hydrogen-bond acceptors (Lipinski definition) is 4. The van der Waals surface area contributed by atoms with Gasteiger partial charge in [-0.05, 0) is 99.2 Å². The van der Waals surface area contributed by atoms with Crippen molar-refractivity contribution in [1.82, 2.24) is 10.6 Å². The highest BCUT2D eigenvalue weighted by Gasteiger charge is 2.35. The highest BCUT2D eigenvalue weighted by molar-refractivity contribution is 6.10. The van der Waals surface area contributed by atoms with Crippen LogP contribution in [-0.2, 0) is 4.79 Å². The number of carbonyl (C=O) groups is 3. The van der Waals surface area contributed by atoms with Crippen LogP contribution in [0.5, 0.6) is 0 Å². The quantitative estimate of drug-likeness (QED) is 0.223. The minimum Gasteiger partial charge on any atom is -0.480 e. The summed E-state index contributed by atoms with van der Waals surface area (Å²) in [6.07, 6.45) is 7.00. The maximum Gasteiger partial charge on any atom is 0.326 e. The number of aryl methyl sites for hydroxylation is 3. The van der Waals surface area contributed by atoms with Crippen LogP contribution in [0.25, 0.3) is 10.8 Å². The van der Waals surface area contributed by atoms with Crippen LogP contribution in [0.3, 0.4) is 0 Å². The van der Waals surface area contributed by atoms with Gasteiger partial charge in [0.15, 0.2) is 0 Å². The minimum atomic E-state index is -1.04. The average molecular weight is 557 g/mol. The van der Waals surface area contributed by atoms with Crippen LogP contribution in [0.15, 0.2) is 48.5 Å². The van der Waals surface area contributed by atoms with Crippen LogP contribution in [0.1, 0.15) is 72.0 Å². The summed E-state index contributed by atoms with van der Waals surface area (Å²) >= 11 is 0. The van der Waals surface area contributed by atoms with Crippen LogP contribution in [0, 0.1) is 26.7 Å². The topological polar surface area (TPSA) is 120 Å². The van der Waals surface area contributed by atoms with E-state index in [0.29, 0.717) is 23.5 Å². The summed E-state index contributed by atoms with van der Waals surface area (Å²) in [4.78, 5) is 39.1. The van der Waals surface area contributed by atoms with E-state index in [2.05, 4.69) is 21.3 Å². The average Bonchev–Trinajstić information content (AvgIpc) is 2.91. The van der Waals surface area contributed by atoms with E-state index >= 15 is 0 Å². The fourth-order valence-corrected chi connectivity index (χ4v) is 6.30. The third-order valence-corrected chi connectivity index (χ3v) is 8.67. The molecule has 8 heteroatoms. The van der Waals surface area contributed by atoms with Crippen molar-refractivity contribution in [2.24, 2.45) is 5.92 Å². The van der Waals surface area contributed by atoms with E-state index < -0.39 is 23.9 Å². The first-order valence-corrected chi connectivity index (χ1v) is 14.7. The van der Waals surface area contributed by atoms with Gasteiger partial charge in [0.2, 0.25) is 0 Å². The van der Waals surface area contributed by atoms with Crippen LogP contribution < -0.4 is 21.3 Å². The molecule has 2 aliphatic carbocycles. The second-order valence-corrected chi connectivity index (χ2v) is 11.8. The van der Waals surface area contributed by atoms with Crippen molar-refractivity contribution in [3.63, 3.8) is 0 Å². The molecular weight excluding hydrogens is 516 g/mol. The van der Waals surface area contributed by atoms with E-state index in [0.717, 1.165) is 53.1 Å². The van der Waals surface area contributed by atoms with Gasteiger partial charge in [0, 0.05) is 17.8 Å². The van der Waals surface area contributed by atoms with E-state index in [1.807, 2.05) is 57.2 Å². The van der Waals surface area contributed by atoms with Crippen molar-refractivity contribution in [2.45, 2.75) is 83.8 Å². The number of nitrogens with one attached hydrogen (secondary N) is 4. The number of amides is 3. The van der Waals surface area contributed by atoms with Crippen molar-refractivity contribution >= 4 is 40.1 Å². The van der Waals surface area contributed by atoms with Gasteiger partial charge >= 0.3 is 12.0 Å². The number of fused-ring (bicyclic) bond motifs is 1. The fourth-order valence-electron chi connectivity index (χ4n) is 6.30. The first kappa shape index (κ1) is 28.6. The second kappa shape index (κ2) is 12.3. The molecule has 216 valence electrons. The molecule has 5 rings (SSSR count). The Labute approximate surface area is 241 Å². The number of benzene rings is 3. The zero-order valence-electron chi connectivity index (χ0n) is 24.0. The van der Waals surface area contributed by atoms with Gasteiger partial charge in [0.1, 0.15) is 6.04 Å². The van der Waals surface area contributed by atoms with Gasteiger partial charge in [-0.25, -0.2) is 9.59 Å². The summed E-state index contributed by atoms with van der Waals surface area (Å²) in [7, 11) is 0. The van der Waals surface area contributed by atoms with Crippen LogP contribution >= 0.6 is 0 Å². The molecule has 1 atom stereocenters. The number of hydrogen-bond donors (Lipinski definition) is 5. The van der Waals surface area contributed by atoms with E-state index in [1.165, 1.54) is 19.3 Å². The Bertz CT molecular complexity index is 1430. The molecule has 3 amide bonds. The number of carboxylic acid groups (broad SMARTS) is 1. The fraction of sp³-hybridized carbons (Fsp3) is 0.424. The van der Waals surface area contributed by atoms with Gasteiger partial charge in [-0.15, -0.1) is 0 Å². The number of aliphatic carboxylic acids is 1. The molecule has 0 aromatic heterocycles. The highest BCUT2D eigenvalue weighted by atomic mass is 16.4. The number of anilines is 2. The Morgan fingerprint density at radius 1 is 0.805 bits per heavy atom. The van der Waals surface area contributed by atoms with E-state index in [1.54, 1.807) is 12.1 Å². The molecule has 8 nitrogen and oxygen atoms in total. The van der Waals surface area contributed by atoms with E-state index in [9.17, 15) is 19.5 Å². The molecule has 2 aliphatic rings. The smallest absolute Gasteiger partial charge is 0.326 e. The van der Waals surface area contributed by atoms with Crippen LogP contribution in [0.4, 0.5) is 16.2 Å². The Hall–Kier alpha value is -3.91. The second-order valence-electron chi connectivity index (χ2n) is 11.8. The Morgan fingerprint density at radius 2 is 1.41 bits per heavy atom. The lowest BCUT2D eigenvalue weighted by Gasteiger charge is -2.37. The lowest BCUT2D eigenvalue weighted by molar-refractivity contribution is -0.141. The first-order valence-electron chi connectivity index (χ1n) is 14.7. The van der Waals surface area contributed by atoms with Gasteiger partial charge < -0.3 is 26.4 Å². The normalized spacial score (nSPS) is 19.7. The zero-order valence-corrected chi connectivity index (χ0v) is 24.0. The number of rotatable bonds is 8. The van der Waals surface area contributed by atoms with E-state index in [4.69, 9.17) is 0 Å². The first-order chi connectivity index (χ1) is 19.7.